The molecular weight excluding hydrogens is 360 g/mol. The number of anilines is 1. The molecule has 144 valence electrons. The molecule has 5 heteroatoms. The van der Waals surface area contributed by atoms with E-state index in [1.54, 1.807) is 6.92 Å². The fraction of sp³-hybridized carbons (Fsp3) is 0.409. The summed E-state index contributed by atoms with van der Waals surface area (Å²) in [6, 6.07) is 12.1. The summed E-state index contributed by atoms with van der Waals surface area (Å²) < 4.78 is 5.79. The molecule has 0 bridgehead atoms. The number of amides is 1. The van der Waals surface area contributed by atoms with E-state index in [4.69, 9.17) is 16.3 Å². The van der Waals surface area contributed by atoms with Gasteiger partial charge in [0.05, 0.1) is 0 Å². The number of nitrogens with zero attached hydrogens (tertiary/aromatic N) is 1. The van der Waals surface area contributed by atoms with Gasteiger partial charge in [-0.15, -0.1) is 0 Å². The summed E-state index contributed by atoms with van der Waals surface area (Å²) in [7, 11) is 0. The van der Waals surface area contributed by atoms with Crippen LogP contribution in [0.1, 0.15) is 36.5 Å². The first-order valence-electron chi connectivity index (χ1n) is 9.49. The third-order valence-electron chi connectivity index (χ3n) is 4.97. The highest BCUT2D eigenvalue weighted by molar-refractivity contribution is 6.32. The first-order chi connectivity index (χ1) is 12.9. The predicted molar refractivity (Wildman–Crippen MR) is 111 cm³/mol. The highest BCUT2D eigenvalue weighted by Crippen LogP contribution is 2.26. The fourth-order valence-electron chi connectivity index (χ4n) is 3.36. The summed E-state index contributed by atoms with van der Waals surface area (Å²) in [6.07, 6.45) is 1.96. The minimum absolute atomic E-state index is 0.135. The zero-order chi connectivity index (χ0) is 19.4. The summed E-state index contributed by atoms with van der Waals surface area (Å²) in [5, 5.41) is 3.68. The maximum Gasteiger partial charge on any atom is 0.261 e. The Morgan fingerprint density at radius 3 is 2.33 bits per heavy atom. The van der Waals surface area contributed by atoms with Gasteiger partial charge in [0, 0.05) is 30.3 Å². The number of hydrogen-bond acceptors (Lipinski definition) is 3. The second kappa shape index (κ2) is 8.66. The monoisotopic (exact) mass is 386 g/mol. The van der Waals surface area contributed by atoms with Crippen molar-refractivity contribution >= 4 is 23.2 Å². The number of carbonyl (C=O) groups is 1. The van der Waals surface area contributed by atoms with Crippen LogP contribution in [0.15, 0.2) is 36.4 Å². The molecule has 1 heterocycles. The molecular formula is C22H27ClN2O2. The summed E-state index contributed by atoms with van der Waals surface area (Å²) >= 11 is 6.18. The van der Waals surface area contributed by atoms with E-state index in [1.165, 1.54) is 18.5 Å². The Bertz CT molecular complexity index is 775. The van der Waals surface area contributed by atoms with E-state index >= 15 is 0 Å². The maximum atomic E-state index is 12.4. The Morgan fingerprint density at radius 1 is 1.15 bits per heavy atom. The number of rotatable bonds is 6. The van der Waals surface area contributed by atoms with Gasteiger partial charge in [-0.05, 0) is 74.6 Å². The number of nitrogens with one attached hydrogen (secondary N) is 1. The molecule has 0 radical (unpaired) electrons. The summed E-state index contributed by atoms with van der Waals surface area (Å²) in [6.45, 7) is 8.37. The number of carbonyl (C=O) groups excluding carboxylic acids is 1. The Labute approximate surface area is 166 Å². The SMILES string of the molecule is Cc1cc(OC(C)C(=O)NCc2ccc(N3CCCC3)cc2)cc(C)c1Cl. The van der Waals surface area contributed by atoms with Gasteiger partial charge in [-0.3, -0.25) is 4.79 Å². The van der Waals surface area contributed by atoms with E-state index in [-0.39, 0.29) is 5.91 Å². The van der Waals surface area contributed by atoms with Gasteiger partial charge in [-0.25, -0.2) is 0 Å². The largest absolute Gasteiger partial charge is 0.481 e. The molecule has 0 aliphatic carbocycles. The van der Waals surface area contributed by atoms with Crippen molar-refractivity contribution in [2.24, 2.45) is 0 Å². The third-order valence-corrected chi connectivity index (χ3v) is 5.56. The van der Waals surface area contributed by atoms with Crippen LogP contribution in [0, 0.1) is 13.8 Å². The van der Waals surface area contributed by atoms with Crippen LogP contribution in [0.2, 0.25) is 5.02 Å². The van der Waals surface area contributed by atoms with E-state index < -0.39 is 6.10 Å². The molecule has 1 saturated heterocycles. The number of aryl methyl sites for hydroxylation is 2. The molecule has 2 aromatic carbocycles. The van der Waals surface area contributed by atoms with Crippen LogP contribution >= 0.6 is 11.6 Å². The lowest BCUT2D eigenvalue weighted by Crippen LogP contribution is -2.35. The maximum absolute atomic E-state index is 12.4. The van der Waals surface area contributed by atoms with Crippen molar-refractivity contribution in [3.05, 3.63) is 58.1 Å². The van der Waals surface area contributed by atoms with Gasteiger partial charge in [0.2, 0.25) is 0 Å². The third kappa shape index (κ3) is 4.95. The fourth-order valence-corrected chi connectivity index (χ4v) is 3.47. The van der Waals surface area contributed by atoms with Crippen molar-refractivity contribution in [1.82, 2.24) is 5.32 Å². The van der Waals surface area contributed by atoms with Gasteiger partial charge in [0.25, 0.3) is 5.91 Å². The number of benzene rings is 2. The molecule has 27 heavy (non-hydrogen) atoms. The minimum atomic E-state index is -0.575. The van der Waals surface area contributed by atoms with E-state index in [0.717, 1.165) is 34.8 Å². The topological polar surface area (TPSA) is 41.6 Å². The van der Waals surface area contributed by atoms with Gasteiger partial charge in [-0.1, -0.05) is 23.7 Å². The van der Waals surface area contributed by atoms with Gasteiger partial charge >= 0.3 is 0 Å². The van der Waals surface area contributed by atoms with Crippen molar-refractivity contribution in [3.63, 3.8) is 0 Å². The Hall–Kier alpha value is -2.20. The Balaban J connectivity index is 1.52. The van der Waals surface area contributed by atoms with Crippen LogP contribution in [0.4, 0.5) is 5.69 Å². The number of ether oxygens (including phenoxy) is 1. The van der Waals surface area contributed by atoms with Crippen LogP contribution in [0.25, 0.3) is 0 Å². The minimum Gasteiger partial charge on any atom is -0.481 e. The lowest BCUT2D eigenvalue weighted by molar-refractivity contribution is -0.127. The molecule has 3 rings (SSSR count). The lowest BCUT2D eigenvalue weighted by Gasteiger charge is -2.18. The molecule has 1 fully saturated rings. The number of hydrogen-bond donors (Lipinski definition) is 1. The molecule has 1 N–H and O–H groups in total. The quantitative estimate of drug-likeness (QED) is 0.786. The molecule has 4 nitrogen and oxygen atoms in total. The second-order valence-electron chi connectivity index (χ2n) is 7.21. The summed E-state index contributed by atoms with van der Waals surface area (Å²) in [5.74, 6) is 0.524. The summed E-state index contributed by atoms with van der Waals surface area (Å²) in [4.78, 5) is 14.8. The van der Waals surface area contributed by atoms with Crippen LogP contribution in [0.3, 0.4) is 0 Å². The highest BCUT2D eigenvalue weighted by atomic mass is 35.5. The standard InChI is InChI=1S/C22H27ClN2O2/c1-15-12-20(13-16(2)21(15)23)27-17(3)22(26)24-14-18-6-8-19(9-7-18)25-10-4-5-11-25/h6-9,12-13,17H,4-5,10-11,14H2,1-3H3,(H,24,26). The Morgan fingerprint density at radius 2 is 1.74 bits per heavy atom. The van der Waals surface area contributed by atoms with Crippen molar-refractivity contribution < 1.29 is 9.53 Å². The normalized spacial score (nSPS) is 14.9. The van der Waals surface area contributed by atoms with E-state index in [1.807, 2.05) is 26.0 Å². The van der Waals surface area contributed by atoms with Crippen LogP contribution in [0.5, 0.6) is 5.75 Å². The molecule has 0 aromatic heterocycles. The molecule has 0 spiro atoms. The predicted octanol–water partition coefficient (Wildman–Crippen LogP) is 4.64. The van der Waals surface area contributed by atoms with Crippen molar-refractivity contribution in [2.45, 2.75) is 46.3 Å². The van der Waals surface area contributed by atoms with Crippen molar-refractivity contribution in [2.75, 3.05) is 18.0 Å². The second-order valence-corrected chi connectivity index (χ2v) is 7.59. The average Bonchev–Trinajstić information content (AvgIpc) is 3.19. The first kappa shape index (κ1) is 19.6. The molecule has 1 aliphatic rings. The smallest absolute Gasteiger partial charge is 0.261 e. The average molecular weight is 387 g/mol. The van der Waals surface area contributed by atoms with Gasteiger partial charge in [-0.2, -0.15) is 0 Å². The van der Waals surface area contributed by atoms with Crippen LogP contribution < -0.4 is 15.0 Å². The van der Waals surface area contributed by atoms with Gasteiger partial charge in [0.15, 0.2) is 6.10 Å². The lowest BCUT2D eigenvalue weighted by atomic mass is 10.1. The Kier molecular flexibility index (Phi) is 6.27. The van der Waals surface area contributed by atoms with Crippen LogP contribution in [-0.2, 0) is 11.3 Å². The van der Waals surface area contributed by atoms with Gasteiger partial charge in [0.1, 0.15) is 5.75 Å². The summed E-state index contributed by atoms with van der Waals surface area (Å²) in [5.41, 5.74) is 4.22. The van der Waals surface area contributed by atoms with E-state index in [0.29, 0.717) is 12.3 Å². The zero-order valence-electron chi connectivity index (χ0n) is 16.2. The molecule has 0 saturated carbocycles. The molecule has 2 aromatic rings. The molecule has 1 aliphatic heterocycles. The molecule has 1 unspecified atom stereocenters. The van der Waals surface area contributed by atoms with Crippen LogP contribution in [-0.4, -0.2) is 25.1 Å². The van der Waals surface area contributed by atoms with Gasteiger partial charge < -0.3 is 15.0 Å². The number of halogens is 1. The van der Waals surface area contributed by atoms with Crippen molar-refractivity contribution in [1.29, 1.82) is 0 Å². The zero-order valence-corrected chi connectivity index (χ0v) is 17.0. The van der Waals surface area contributed by atoms with Crippen molar-refractivity contribution in [3.8, 4) is 5.75 Å². The first-order valence-corrected chi connectivity index (χ1v) is 9.87. The molecule has 1 atom stereocenters. The van der Waals surface area contributed by atoms with E-state index in [2.05, 4.69) is 34.5 Å². The van der Waals surface area contributed by atoms with E-state index in [9.17, 15) is 4.79 Å². The molecule has 1 amide bonds. The highest BCUT2D eigenvalue weighted by Gasteiger charge is 2.16.